The number of nitro benzene ring substituents is 1. The van der Waals surface area contributed by atoms with Crippen molar-refractivity contribution in [2.45, 2.75) is 51.7 Å². The maximum Gasteiger partial charge on any atom is 0.269 e. The monoisotopic (exact) mass is 291 g/mol. The van der Waals surface area contributed by atoms with E-state index in [-0.39, 0.29) is 16.7 Å². The van der Waals surface area contributed by atoms with Crippen molar-refractivity contribution < 1.29 is 4.92 Å². The zero-order valence-electron chi connectivity index (χ0n) is 13.1. The number of non-ortho nitro benzene ring substituents is 1. The van der Waals surface area contributed by atoms with E-state index in [1.807, 2.05) is 12.1 Å². The Labute approximate surface area is 126 Å². The molecule has 0 aliphatic carbocycles. The molecule has 0 spiro atoms. The highest BCUT2D eigenvalue weighted by Gasteiger charge is 2.24. The van der Waals surface area contributed by atoms with Crippen molar-refractivity contribution in [2.24, 2.45) is 0 Å². The lowest BCUT2D eigenvalue weighted by Crippen LogP contribution is -2.42. The van der Waals surface area contributed by atoms with Gasteiger partial charge in [0.05, 0.1) is 4.92 Å². The molecule has 0 amide bonds. The minimum absolute atomic E-state index is 0.152. The van der Waals surface area contributed by atoms with Crippen molar-refractivity contribution >= 4 is 5.69 Å². The predicted octanol–water partition coefficient (Wildman–Crippen LogP) is 3.12. The van der Waals surface area contributed by atoms with Gasteiger partial charge < -0.3 is 5.32 Å². The molecule has 2 atom stereocenters. The van der Waals surface area contributed by atoms with Gasteiger partial charge in [0.15, 0.2) is 0 Å². The Bertz CT molecular complexity index is 467. The highest BCUT2D eigenvalue weighted by molar-refractivity contribution is 5.34. The van der Waals surface area contributed by atoms with Gasteiger partial charge in [-0.15, -0.1) is 0 Å². The zero-order chi connectivity index (χ0) is 15.4. The first-order valence-corrected chi connectivity index (χ1v) is 7.72. The lowest BCUT2D eigenvalue weighted by Gasteiger charge is -2.35. The van der Waals surface area contributed by atoms with Gasteiger partial charge in [-0.05, 0) is 45.7 Å². The van der Waals surface area contributed by atoms with Crippen LogP contribution in [0.3, 0.4) is 0 Å². The average molecular weight is 291 g/mol. The molecule has 1 aromatic carbocycles. The molecular weight excluding hydrogens is 266 g/mol. The summed E-state index contributed by atoms with van der Waals surface area (Å²) in [6.07, 6.45) is 2.48. The van der Waals surface area contributed by atoms with Crippen molar-refractivity contribution in [1.29, 1.82) is 0 Å². The molecule has 1 aliphatic heterocycles. The summed E-state index contributed by atoms with van der Waals surface area (Å²) >= 11 is 0. The number of hydrogen-bond acceptors (Lipinski definition) is 4. The van der Waals surface area contributed by atoms with Crippen LogP contribution in [0.2, 0.25) is 0 Å². The van der Waals surface area contributed by atoms with Crippen LogP contribution in [0.15, 0.2) is 24.3 Å². The van der Waals surface area contributed by atoms with Crippen molar-refractivity contribution in [3.8, 4) is 0 Å². The SMILES string of the molecule is CC(C)N(CC1CCCN1)C(C)c1ccc([N+](=O)[O-])cc1. The Morgan fingerprint density at radius 2 is 2.00 bits per heavy atom. The van der Waals surface area contributed by atoms with Crippen LogP contribution in [-0.2, 0) is 0 Å². The van der Waals surface area contributed by atoms with E-state index >= 15 is 0 Å². The molecule has 21 heavy (non-hydrogen) atoms. The second-order valence-electron chi connectivity index (χ2n) is 6.11. The third-order valence-electron chi connectivity index (χ3n) is 4.34. The Morgan fingerprint density at radius 1 is 1.33 bits per heavy atom. The highest BCUT2D eigenvalue weighted by Crippen LogP contribution is 2.25. The summed E-state index contributed by atoms with van der Waals surface area (Å²) in [5.74, 6) is 0. The standard InChI is InChI=1S/C16H25N3O2/c1-12(2)18(11-15-5-4-10-17-15)13(3)14-6-8-16(9-7-14)19(20)21/h6-9,12-13,15,17H,4-5,10-11H2,1-3H3. The first-order valence-electron chi connectivity index (χ1n) is 7.72. The van der Waals surface area contributed by atoms with E-state index in [2.05, 4.69) is 31.0 Å². The molecule has 0 aromatic heterocycles. The maximum atomic E-state index is 10.7. The molecule has 0 saturated carbocycles. The van der Waals surface area contributed by atoms with Crippen LogP contribution < -0.4 is 5.32 Å². The second kappa shape index (κ2) is 7.00. The van der Waals surface area contributed by atoms with Crippen LogP contribution in [0, 0.1) is 10.1 Å². The topological polar surface area (TPSA) is 58.4 Å². The molecule has 1 N–H and O–H groups in total. The van der Waals surface area contributed by atoms with Gasteiger partial charge in [0.1, 0.15) is 0 Å². The van der Waals surface area contributed by atoms with E-state index < -0.39 is 0 Å². The maximum absolute atomic E-state index is 10.7. The fourth-order valence-electron chi connectivity index (χ4n) is 3.05. The summed E-state index contributed by atoms with van der Waals surface area (Å²) in [4.78, 5) is 12.9. The van der Waals surface area contributed by atoms with Gasteiger partial charge in [-0.2, -0.15) is 0 Å². The van der Waals surface area contributed by atoms with E-state index in [0.29, 0.717) is 12.1 Å². The van der Waals surface area contributed by atoms with Gasteiger partial charge >= 0.3 is 0 Å². The summed E-state index contributed by atoms with van der Waals surface area (Å²) in [7, 11) is 0. The summed E-state index contributed by atoms with van der Waals surface area (Å²) in [5, 5.41) is 14.3. The van der Waals surface area contributed by atoms with Gasteiger partial charge in [0, 0.05) is 36.8 Å². The Morgan fingerprint density at radius 3 is 2.48 bits per heavy atom. The predicted molar refractivity (Wildman–Crippen MR) is 84.4 cm³/mol. The molecule has 0 radical (unpaired) electrons. The van der Waals surface area contributed by atoms with Crippen LogP contribution in [-0.4, -0.2) is 35.0 Å². The zero-order valence-corrected chi connectivity index (χ0v) is 13.1. The third-order valence-corrected chi connectivity index (χ3v) is 4.34. The van der Waals surface area contributed by atoms with Crippen molar-refractivity contribution in [3.05, 3.63) is 39.9 Å². The molecule has 0 bridgehead atoms. The number of nitro groups is 1. The molecule has 2 unspecified atom stereocenters. The molecule has 116 valence electrons. The minimum Gasteiger partial charge on any atom is -0.313 e. The molecule has 1 aliphatic rings. The van der Waals surface area contributed by atoms with E-state index in [4.69, 9.17) is 0 Å². The fraction of sp³-hybridized carbons (Fsp3) is 0.625. The average Bonchev–Trinajstić information content (AvgIpc) is 2.97. The second-order valence-corrected chi connectivity index (χ2v) is 6.11. The summed E-state index contributed by atoms with van der Waals surface area (Å²) in [5.41, 5.74) is 1.28. The van der Waals surface area contributed by atoms with E-state index in [0.717, 1.165) is 18.7 Å². The molecule has 1 aromatic rings. The first kappa shape index (κ1) is 15.9. The normalized spacial score (nSPS) is 20.1. The minimum atomic E-state index is -0.350. The number of rotatable bonds is 6. The number of benzene rings is 1. The number of hydrogen-bond donors (Lipinski definition) is 1. The van der Waals surface area contributed by atoms with Crippen LogP contribution >= 0.6 is 0 Å². The summed E-state index contributed by atoms with van der Waals surface area (Å²) in [6, 6.07) is 8.20. The van der Waals surface area contributed by atoms with E-state index in [9.17, 15) is 10.1 Å². The van der Waals surface area contributed by atoms with Crippen molar-refractivity contribution in [1.82, 2.24) is 10.2 Å². The van der Waals surface area contributed by atoms with Crippen LogP contribution in [0.5, 0.6) is 0 Å². The van der Waals surface area contributed by atoms with Gasteiger partial charge in [-0.1, -0.05) is 12.1 Å². The lowest BCUT2D eigenvalue weighted by molar-refractivity contribution is -0.384. The van der Waals surface area contributed by atoms with Crippen LogP contribution in [0.25, 0.3) is 0 Å². The lowest BCUT2D eigenvalue weighted by atomic mass is 10.0. The Balaban J connectivity index is 2.09. The summed E-state index contributed by atoms with van der Waals surface area (Å²) < 4.78 is 0. The molecular formula is C16H25N3O2. The molecule has 2 rings (SSSR count). The van der Waals surface area contributed by atoms with Gasteiger partial charge in [0.2, 0.25) is 0 Å². The van der Waals surface area contributed by atoms with Crippen molar-refractivity contribution in [3.63, 3.8) is 0 Å². The van der Waals surface area contributed by atoms with Crippen molar-refractivity contribution in [2.75, 3.05) is 13.1 Å². The molecule has 5 heteroatoms. The van der Waals surface area contributed by atoms with Gasteiger partial charge in [-0.3, -0.25) is 15.0 Å². The van der Waals surface area contributed by atoms with Crippen LogP contribution in [0.4, 0.5) is 5.69 Å². The molecule has 5 nitrogen and oxygen atoms in total. The first-order chi connectivity index (χ1) is 9.99. The molecule has 1 fully saturated rings. The van der Waals surface area contributed by atoms with Gasteiger partial charge in [0.25, 0.3) is 5.69 Å². The quantitative estimate of drug-likeness (QED) is 0.646. The Kier molecular flexibility index (Phi) is 5.31. The smallest absolute Gasteiger partial charge is 0.269 e. The fourth-order valence-corrected chi connectivity index (χ4v) is 3.05. The van der Waals surface area contributed by atoms with E-state index in [1.165, 1.54) is 12.8 Å². The van der Waals surface area contributed by atoms with Gasteiger partial charge in [-0.25, -0.2) is 0 Å². The number of nitrogens with one attached hydrogen (secondary N) is 1. The molecule has 1 heterocycles. The van der Waals surface area contributed by atoms with E-state index in [1.54, 1.807) is 12.1 Å². The largest absolute Gasteiger partial charge is 0.313 e. The highest BCUT2D eigenvalue weighted by atomic mass is 16.6. The third kappa shape index (κ3) is 4.02. The molecule has 1 saturated heterocycles. The number of nitrogens with zero attached hydrogens (tertiary/aromatic N) is 2. The summed E-state index contributed by atoms with van der Waals surface area (Å²) in [6.45, 7) is 8.72. The Hall–Kier alpha value is -1.46. The van der Waals surface area contributed by atoms with Crippen LogP contribution in [0.1, 0.15) is 45.2 Å².